The van der Waals surface area contributed by atoms with E-state index >= 15 is 0 Å². The van der Waals surface area contributed by atoms with Crippen molar-refractivity contribution < 1.29 is 9.18 Å². The molecular formula is C22H21BrFN3OS. The third-order valence-corrected chi connectivity index (χ3v) is 6.38. The molecular weight excluding hydrogens is 453 g/mol. The lowest BCUT2D eigenvalue weighted by Gasteiger charge is -2.16. The van der Waals surface area contributed by atoms with Gasteiger partial charge in [-0.15, -0.1) is 11.3 Å². The van der Waals surface area contributed by atoms with Gasteiger partial charge in [-0.1, -0.05) is 40.2 Å². The summed E-state index contributed by atoms with van der Waals surface area (Å²) in [7, 11) is 0. The van der Waals surface area contributed by atoms with E-state index in [2.05, 4.69) is 43.0 Å². The second-order valence-electron chi connectivity index (χ2n) is 6.96. The Morgan fingerprint density at radius 3 is 2.62 bits per heavy atom. The SMILES string of the molecule is O=C1CCCN1CCCn1c(-c2ccc(Br)cc2)csc1=Nc1ccccc1F. The van der Waals surface area contributed by atoms with E-state index in [1.165, 1.54) is 17.4 Å². The molecule has 7 heteroatoms. The number of thiazole rings is 1. The van der Waals surface area contributed by atoms with Crippen molar-refractivity contribution in [3.8, 4) is 11.3 Å². The third-order valence-electron chi connectivity index (χ3n) is 4.99. The molecule has 2 aromatic carbocycles. The van der Waals surface area contributed by atoms with Crippen molar-refractivity contribution in [2.45, 2.75) is 25.8 Å². The molecule has 3 aromatic rings. The number of aromatic nitrogens is 1. The highest BCUT2D eigenvalue weighted by atomic mass is 79.9. The maximum absolute atomic E-state index is 14.1. The van der Waals surface area contributed by atoms with E-state index in [1.807, 2.05) is 17.0 Å². The summed E-state index contributed by atoms with van der Waals surface area (Å²) in [4.78, 5) is 19.2. The van der Waals surface area contributed by atoms with Crippen molar-refractivity contribution in [3.63, 3.8) is 0 Å². The molecule has 0 N–H and O–H groups in total. The van der Waals surface area contributed by atoms with Gasteiger partial charge < -0.3 is 9.47 Å². The summed E-state index contributed by atoms with van der Waals surface area (Å²) >= 11 is 4.98. The molecule has 4 rings (SSSR count). The van der Waals surface area contributed by atoms with Crippen LogP contribution in [0.4, 0.5) is 10.1 Å². The van der Waals surface area contributed by atoms with Gasteiger partial charge in [0.1, 0.15) is 11.5 Å². The molecule has 0 radical (unpaired) electrons. The number of para-hydroxylation sites is 1. The molecule has 1 saturated heterocycles. The van der Waals surface area contributed by atoms with Crippen molar-refractivity contribution >= 4 is 38.9 Å². The topological polar surface area (TPSA) is 37.6 Å². The number of nitrogens with zero attached hydrogens (tertiary/aromatic N) is 3. The van der Waals surface area contributed by atoms with Crippen molar-refractivity contribution in [1.29, 1.82) is 0 Å². The van der Waals surface area contributed by atoms with Crippen molar-refractivity contribution in [2.24, 2.45) is 4.99 Å². The lowest BCUT2D eigenvalue weighted by molar-refractivity contribution is -0.127. The summed E-state index contributed by atoms with van der Waals surface area (Å²) in [5.74, 6) is -0.0926. The number of halogens is 2. The van der Waals surface area contributed by atoms with Crippen LogP contribution in [-0.2, 0) is 11.3 Å². The van der Waals surface area contributed by atoms with Crippen LogP contribution in [0.25, 0.3) is 11.3 Å². The van der Waals surface area contributed by atoms with Crippen LogP contribution >= 0.6 is 27.3 Å². The standard InChI is InChI=1S/C22H21BrFN3OS/c23-17-10-8-16(9-11-17)20-15-29-22(25-19-6-2-1-5-18(19)24)27(20)14-4-13-26-12-3-7-21(26)28/h1-2,5-6,8-11,15H,3-4,7,12-14H2. The first-order valence-corrected chi connectivity index (χ1v) is 11.3. The van der Waals surface area contributed by atoms with Crippen LogP contribution in [0.2, 0.25) is 0 Å². The number of likely N-dealkylation sites (tertiary alicyclic amines) is 1. The van der Waals surface area contributed by atoms with Gasteiger partial charge in [0.15, 0.2) is 4.80 Å². The molecule has 4 nitrogen and oxygen atoms in total. The Bertz CT molecular complexity index is 1070. The van der Waals surface area contributed by atoms with E-state index in [0.717, 1.165) is 46.5 Å². The van der Waals surface area contributed by atoms with Crippen LogP contribution in [0.3, 0.4) is 0 Å². The normalized spacial score (nSPS) is 14.8. The number of rotatable bonds is 6. The molecule has 1 aromatic heterocycles. The molecule has 0 atom stereocenters. The molecule has 2 heterocycles. The first kappa shape index (κ1) is 20.0. The smallest absolute Gasteiger partial charge is 0.222 e. The quantitative estimate of drug-likeness (QED) is 0.474. The van der Waals surface area contributed by atoms with Gasteiger partial charge in [0.2, 0.25) is 5.91 Å². The average molecular weight is 474 g/mol. The highest BCUT2D eigenvalue weighted by Crippen LogP contribution is 2.24. The van der Waals surface area contributed by atoms with Crippen LogP contribution in [0, 0.1) is 5.82 Å². The summed E-state index contributed by atoms with van der Waals surface area (Å²) in [5.41, 5.74) is 2.46. The average Bonchev–Trinajstić information content (AvgIpc) is 3.31. The molecule has 150 valence electrons. The molecule has 0 saturated carbocycles. The predicted molar refractivity (Wildman–Crippen MR) is 117 cm³/mol. The fourth-order valence-electron chi connectivity index (χ4n) is 3.49. The van der Waals surface area contributed by atoms with Gasteiger partial charge in [-0.05, 0) is 42.7 Å². The molecule has 0 aliphatic carbocycles. The number of hydrogen-bond donors (Lipinski definition) is 0. The fourth-order valence-corrected chi connectivity index (χ4v) is 4.70. The van der Waals surface area contributed by atoms with Gasteiger partial charge in [-0.2, -0.15) is 0 Å². The zero-order valence-corrected chi connectivity index (χ0v) is 18.3. The first-order chi connectivity index (χ1) is 14.1. The van der Waals surface area contributed by atoms with Gasteiger partial charge in [0.05, 0.1) is 5.69 Å². The Morgan fingerprint density at radius 2 is 1.90 bits per heavy atom. The second-order valence-corrected chi connectivity index (χ2v) is 8.72. The summed E-state index contributed by atoms with van der Waals surface area (Å²) < 4.78 is 17.3. The third kappa shape index (κ3) is 4.67. The lowest BCUT2D eigenvalue weighted by Crippen LogP contribution is -2.27. The van der Waals surface area contributed by atoms with Crippen molar-refractivity contribution in [2.75, 3.05) is 13.1 Å². The second kappa shape index (κ2) is 9.05. The zero-order valence-electron chi connectivity index (χ0n) is 15.9. The van der Waals surface area contributed by atoms with E-state index < -0.39 is 0 Å². The van der Waals surface area contributed by atoms with E-state index in [9.17, 15) is 9.18 Å². The summed E-state index contributed by atoms with van der Waals surface area (Å²) in [6.07, 6.45) is 2.43. The molecule has 1 aliphatic rings. The zero-order chi connectivity index (χ0) is 20.2. The Kier molecular flexibility index (Phi) is 6.25. The Morgan fingerprint density at radius 1 is 1.10 bits per heavy atom. The minimum Gasteiger partial charge on any atom is -0.343 e. The maximum Gasteiger partial charge on any atom is 0.222 e. The summed E-state index contributed by atoms with van der Waals surface area (Å²) in [5, 5.41) is 2.06. The van der Waals surface area contributed by atoms with Crippen LogP contribution < -0.4 is 4.80 Å². The number of benzene rings is 2. The highest BCUT2D eigenvalue weighted by Gasteiger charge is 2.19. The lowest BCUT2D eigenvalue weighted by atomic mass is 10.2. The number of carbonyl (C=O) groups is 1. The van der Waals surface area contributed by atoms with Crippen molar-refractivity contribution in [1.82, 2.24) is 9.47 Å². The van der Waals surface area contributed by atoms with E-state index in [4.69, 9.17) is 0 Å². The Labute approximate surface area is 181 Å². The number of amides is 1. The fraction of sp³-hybridized carbons (Fsp3) is 0.273. The van der Waals surface area contributed by atoms with Gasteiger partial charge >= 0.3 is 0 Å². The Balaban J connectivity index is 1.66. The van der Waals surface area contributed by atoms with Gasteiger partial charge in [-0.3, -0.25) is 4.79 Å². The van der Waals surface area contributed by atoms with E-state index in [0.29, 0.717) is 18.7 Å². The molecule has 0 bridgehead atoms. The van der Waals surface area contributed by atoms with Crippen LogP contribution in [0.5, 0.6) is 0 Å². The molecule has 1 amide bonds. The first-order valence-electron chi connectivity index (χ1n) is 9.63. The van der Waals surface area contributed by atoms with Crippen molar-refractivity contribution in [3.05, 3.63) is 69.0 Å². The molecule has 0 unspecified atom stereocenters. The minimum absolute atomic E-state index is 0.240. The maximum atomic E-state index is 14.1. The monoisotopic (exact) mass is 473 g/mol. The predicted octanol–water partition coefficient (Wildman–Crippen LogP) is 5.36. The molecule has 0 spiro atoms. The van der Waals surface area contributed by atoms with Gasteiger partial charge in [0.25, 0.3) is 0 Å². The number of hydrogen-bond acceptors (Lipinski definition) is 3. The molecule has 1 fully saturated rings. The highest BCUT2D eigenvalue weighted by molar-refractivity contribution is 9.10. The van der Waals surface area contributed by atoms with Crippen LogP contribution in [-0.4, -0.2) is 28.5 Å². The Hall–Kier alpha value is -2.25. The largest absolute Gasteiger partial charge is 0.343 e. The van der Waals surface area contributed by atoms with Crippen LogP contribution in [0.1, 0.15) is 19.3 Å². The number of carbonyl (C=O) groups excluding carboxylic acids is 1. The van der Waals surface area contributed by atoms with Crippen LogP contribution in [0.15, 0.2) is 63.4 Å². The van der Waals surface area contributed by atoms with E-state index in [-0.39, 0.29) is 11.7 Å². The van der Waals surface area contributed by atoms with Gasteiger partial charge in [-0.25, -0.2) is 9.38 Å². The molecule has 29 heavy (non-hydrogen) atoms. The minimum atomic E-state index is -0.333. The summed E-state index contributed by atoms with van der Waals surface area (Å²) in [6, 6.07) is 14.7. The van der Waals surface area contributed by atoms with Gasteiger partial charge in [0, 0.05) is 35.9 Å². The van der Waals surface area contributed by atoms with E-state index in [1.54, 1.807) is 18.2 Å². The summed E-state index contributed by atoms with van der Waals surface area (Å²) in [6.45, 7) is 2.30. The molecule has 1 aliphatic heterocycles.